The van der Waals surface area contributed by atoms with E-state index in [2.05, 4.69) is 52.1 Å². The number of nitrogens with zero attached hydrogens (tertiary/aromatic N) is 2. The second kappa shape index (κ2) is 7.33. The molecule has 2 heterocycles. The maximum atomic E-state index is 6.07. The van der Waals surface area contributed by atoms with E-state index in [1.54, 1.807) is 0 Å². The van der Waals surface area contributed by atoms with Crippen LogP contribution in [-0.2, 0) is 10.6 Å². The van der Waals surface area contributed by atoms with Gasteiger partial charge in [-0.15, -0.1) is 23.5 Å². The van der Waals surface area contributed by atoms with Gasteiger partial charge < -0.3 is 4.57 Å². The first-order valence-electron chi connectivity index (χ1n) is 7.71. The van der Waals surface area contributed by atoms with Gasteiger partial charge in [-0.25, -0.2) is 4.98 Å². The van der Waals surface area contributed by atoms with Crippen LogP contribution in [-0.4, -0.2) is 21.1 Å². The monoisotopic (exact) mass is 352 g/mol. The number of aromatic nitrogens is 2. The minimum Gasteiger partial charge on any atom is -0.337 e. The molecule has 0 N–H and O–H groups in total. The molecule has 0 saturated carbocycles. The SMILES string of the molecule is CCC1CSC(CCn2ccnc2)(c2ccc(Cl)cc2)SC1. The Bertz CT molecular complexity index is 575. The van der Waals surface area contributed by atoms with Crippen molar-refractivity contribution in [2.24, 2.45) is 5.92 Å². The lowest BCUT2D eigenvalue weighted by Crippen LogP contribution is -2.28. The van der Waals surface area contributed by atoms with E-state index in [9.17, 15) is 0 Å². The number of hydrogen-bond donors (Lipinski definition) is 0. The summed E-state index contributed by atoms with van der Waals surface area (Å²) in [6.07, 6.45) is 8.18. The summed E-state index contributed by atoms with van der Waals surface area (Å²) < 4.78 is 2.31. The minimum atomic E-state index is 0.139. The van der Waals surface area contributed by atoms with E-state index >= 15 is 0 Å². The van der Waals surface area contributed by atoms with Crippen LogP contribution in [0.5, 0.6) is 0 Å². The number of rotatable bonds is 5. The summed E-state index contributed by atoms with van der Waals surface area (Å²) in [5, 5.41) is 0.811. The van der Waals surface area contributed by atoms with Gasteiger partial charge in [-0.2, -0.15) is 0 Å². The number of hydrogen-bond acceptors (Lipinski definition) is 3. The highest BCUT2D eigenvalue weighted by Gasteiger charge is 2.37. The number of thioether (sulfide) groups is 2. The minimum absolute atomic E-state index is 0.139. The van der Waals surface area contributed by atoms with Crippen molar-refractivity contribution in [3.8, 4) is 0 Å². The molecule has 0 unspecified atom stereocenters. The van der Waals surface area contributed by atoms with Gasteiger partial charge in [-0.1, -0.05) is 37.1 Å². The molecule has 0 atom stereocenters. The molecule has 0 amide bonds. The number of halogens is 1. The third kappa shape index (κ3) is 3.66. The molecule has 5 heteroatoms. The maximum Gasteiger partial charge on any atom is 0.0945 e. The number of benzene rings is 1. The van der Waals surface area contributed by atoms with Gasteiger partial charge in [-0.3, -0.25) is 0 Å². The molecule has 3 rings (SSSR count). The Morgan fingerprint density at radius 2 is 2.00 bits per heavy atom. The van der Waals surface area contributed by atoms with E-state index in [4.69, 9.17) is 11.6 Å². The zero-order valence-electron chi connectivity index (χ0n) is 12.7. The first-order valence-corrected chi connectivity index (χ1v) is 10.1. The topological polar surface area (TPSA) is 17.8 Å². The molecule has 2 nitrogen and oxygen atoms in total. The van der Waals surface area contributed by atoms with E-state index in [1.807, 2.05) is 30.9 Å². The van der Waals surface area contributed by atoms with Crippen LogP contribution in [0, 0.1) is 5.92 Å². The number of imidazole rings is 1. The molecule has 0 spiro atoms. The normalized spacial score (nSPS) is 25.3. The second-order valence-corrected chi connectivity index (χ2v) is 9.04. The summed E-state index contributed by atoms with van der Waals surface area (Å²) in [4.78, 5) is 4.15. The molecule has 2 aromatic rings. The van der Waals surface area contributed by atoms with E-state index in [0.29, 0.717) is 0 Å². The molecule has 0 aliphatic carbocycles. The molecule has 1 saturated heterocycles. The third-order valence-electron chi connectivity index (χ3n) is 4.22. The van der Waals surface area contributed by atoms with E-state index in [-0.39, 0.29) is 4.08 Å². The van der Waals surface area contributed by atoms with Crippen LogP contribution in [0.2, 0.25) is 5.02 Å². The van der Waals surface area contributed by atoms with E-state index in [1.165, 1.54) is 23.5 Å². The lowest BCUT2D eigenvalue weighted by atomic mass is 10.1. The van der Waals surface area contributed by atoms with E-state index < -0.39 is 0 Å². The maximum absolute atomic E-state index is 6.07. The highest BCUT2D eigenvalue weighted by Crippen LogP contribution is 2.54. The molecule has 1 fully saturated rings. The van der Waals surface area contributed by atoms with Crippen molar-refractivity contribution in [3.63, 3.8) is 0 Å². The van der Waals surface area contributed by atoms with Crippen LogP contribution in [0.4, 0.5) is 0 Å². The van der Waals surface area contributed by atoms with Crippen molar-refractivity contribution < 1.29 is 0 Å². The number of aryl methyl sites for hydroxylation is 1. The summed E-state index contributed by atoms with van der Waals surface area (Å²) in [5.41, 5.74) is 1.39. The van der Waals surface area contributed by atoms with Crippen LogP contribution in [0.3, 0.4) is 0 Å². The van der Waals surface area contributed by atoms with Gasteiger partial charge in [0.1, 0.15) is 0 Å². The van der Waals surface area contributed by atoms with Crippen LogP contribution < -0.4 is 0 Å². The Hall–Kier alpha value is -0.580. The third-order valence-corrected chi connectivity index (χ3v) is 8.27. The first kappa shape index (κ1) is 16.3. The Kier molecular flexibility index (Phi) is 5.42. The summed E-state index contributed by atoms with van der Waals surface area (Å²) in [6.45, 7) is 3.30. The summed E-state index contributed by atoms with van der Waals surface area (Å²) in [5.74, 6) is 3.33. The molecule has 118 valence electrons. The van der Waals surface area contributed by atoms with Crippen molar-refractivity contribution in [2.45, 2.75) is 30.4 Å². The average molecular weight is 353 g/mol. The summed E-state index contributed by atoms with van der Waals surface area (Å²) in [7, 11) is 0. The predicted octanol–water partition coefficient (Wildman–Crippen LogP) is 5.29. The van der Waals surface area contributed by atoms with Gasteiger partial charge >= 0.3 is 0 Å². The van der Waals surface area contributed by atoms with Gasteiger partial charge in [0.15, 0.2) is 0 Å². The van der Waals surface area contributed by atoms with Gasteiger partial charge in [0.2, 0.25) is 0 Å². The summed E-state index contributed by atoms with van der Waals surface area (Å²) in [6, 6.07) is 8.43. The van der Waals surface area contributed by atoms with Gasteiger partial charge in [0.05, 0.1) is 10.4 Å². The Labute approximate surface area is 146 Å². The van der Waals surface area contributed by atoms with Crippen molar-refractivity contribution in [1.29, 1.82) is 0 Å². The lowest BCUT2D eigenvalue weighted by Gasteiger charge is -2.39. The molecular weight excluding hydrogens is 332 g/mol. The van der Waals surface area contributed by atoms with Gasteiger partial charge in [-0.05, 0) is 41.5 Å². The fourth-order valence-corrected chi connectivity index (χ4v) is 6.50. The fraction of sp³-hybridized carbons (Fsp3) is 0.471. The molecule has 1 aliphatic heterocycles. The molecule has 1 aromatic carbocycles. The van der Waals surface area contributed by atoms with Crippen molar-refractivity contribution in [1.82, 2.24) is 9.55 Å². The fourth-order valence-electron chi connectivity index (χ4n) is 2.68. The molecule has 0 radical (unpaired) electrons. The van der Waals surface area contributed by atoms with Crippen LogP contribution in [0.15, 0.2) is 43.0 Å². The lowest BCUT2D eigenvalue weighted by molar-refractivity contribution is 0.589. The molecule has 1 aromatic heterocycles. The van der Waals surface area contributed by atoms with Crippen molar-refractivity contribution >= 4 is 35.1 Å². The average Bonchev–Trinajstić information content (AvgIpc) is 3.08. The van der Waals surface area contributed by atoms with Crippen molar-refractivity contribution in [3.05, 3.63) is 53.6 Å². The van der Waals surface area contributed by atoms with Crippen LogP contribution >= 0.6 is 35.1 Å². The molecule has 1 aliphatic rings. The van der Waals surface area contributed by atoms with Crippen LogP contribution in [0.1, 0.15) is 25.3 Å². The largest absolute Gasteiger partial charge is 0.337 e. The Morgan fingerprint density at radius 3 is 2.59 bits per heavy atom. The van der Waals surface area contributed by atoms with Crippen molar-refractivity contribution in [2.75, 3.05) is 11.5 Å². The Morgan fingerprint density at radius 1 is 1.27 bits per heavy atom. The zero-order valence-corrected chi connectivity index (χ0v) is 15.1. The highest BCUT2D eigenvalue weighted by atomic mass is 35.5. The molecule has 22 heavy (non-hydrogen) atoms. The summed E-state index contributed by atoms with van der Waals surface area (Å²) >= 11 is 10.3. The van der Waals surface area contributed by atoms with Gasteiger partial charge in [0, 0.05) is 24.0 Å². The van der Waals surface area contributed by atoms with Gasteiger partial charge in [0.25, 0.3) is 0 Å². The van der Waals surface area contributed by atoms with E-state index in [0.717, 1.165) is 23.9 Å². The zero-order chi connectivity index (χ0) is 15.4. The predicted molar refractivity (Wildman–Crippen MR) is 98.7 cm³/mol. The molecule has 0 bridgehead atoms. The molecular formula is C17H21ClN2S2. The smallest absolute Gasteiger partial charge is 0.0945 e. The quantitative estimate of drug-likeness (QED) is 0.728. The standard InChI is InChI=1S/C17H21ClN2S2/c1-2-14-11-21-17(22-12-14,7-9-20-10-8-19-13-20)15-3-5-16(18)6-4-15/h3-6,8,10,13-14H,2,7,9,11-12H2,1H3. The highest BCUT2D eigenvalue weighted by molar-refractivity contribution is 8.18. The first-order chi connectivity index (χ1) is 10.7. The Balaban J connectivity index is 1.80. The van der Waals surface area contributed by atoms with Crippen LogP contribution in [0.25, 0.3) is 0 Å². The second-order valence-electron chi connectivity index (χ2n) is 5.71.